The van der Waals surface area contributed by atoms with Gasteiger partial charge in [-0.25, -0.2) is 9.48 Å². The minimum atomic E-state index is -0.135. The van der Waals surface area contributed by atoms with Crippen LogP contribution in [0.1, 0.15) is 17.7 Å². The molecule has 6 nitrogen and oxygen atoms in total. The Hall–Kier alpha value is -3.12. The first-order valence-corrected chi connectivity index (χ1v) is 9.49. The number of aromatic nitrogens is 3. The second-order valence-corrected chi connectivity index (χ2v) is 7.00. The van der Waals surface area contributed by atoms with Crippen molar-refractivity contribution in [1.29, 1.82) is 0 Å². The number of nitrogens with zero attached hydrogens (tertiary/aromatic N) is 4. The summed E-state index contributed by atoms with van der Waals surface area (Å²) in [6.45, 7) is 1.71. The Morgan fingerprint density at radius 3 is 2.82 bits per heavy atom. The molecule has 28 heavy (non-hydrogen) atoms. The summed E-state index contributed by atoms with van der Waals surface area (Å²) >= 11 is 6.08. The number of nitrogens with one attached hydrogen (secondary N) is 1. The molecule has 2 aromatic heterocycles. The van der Waals surface area contributed by atoms with Crippen LogP contribution < -0.4 is 5.32 Å². The highest BCUT2D eigenvalue weighted by atomic mass is 35.5. The summed E-state index contributed by atoms with van der Waals surface area (Å²) in [5.41, 5.74) is 3.21. The maximum atomic E-state index is 12.7. The molecule has 0 aliphatic carbocycles. The van der Waals surface area contributed by atoms with Crippen LogP contribution in [-0.2, 0) is 6.54 Å². The van der Waals surface area contributed by atoms with Crippen LogP contribution in [0.15, 0.2) is 67.0 Å². The summed E-state index contributed by atoms with van der Waals surface area (Å²) in [5, 5.41) is 7.96. The van der Waals surface area contributed by atoms with Crippen molar-refractivity contribution >= 4 is 29.0 Å². The molecular formula is C21H20ClN5O. The van der Waals surface area contributed by atoms with E-state index in [1.807, 2.05) is 42.5 Å². The van der Waals surface area contributed by atoms with Crippen molar-refractivity contribution in [3.05, 3.63) is 83.3 Å². The lowest BCUT2D eigenvalue weighted by molar-refractivity contribution is 0.216. The van der Waals surface area contributed by atoms with E-state index in [4.69, 9.17) is 11.6 Å². The Morgan fingerprint density at radius 2 is 2.07 bits per heavy atom. The molecule has 3 aromatic rings. The molecule has 4 rings (SSSR count). The van der Waals surface area contributed by atoms with Gasteiger partial charge in [0.25, 0.3) is 0 Å². The lowest BCUT2D eigenvalue weighted by Crippen LogP contribution is -2.38. The monoisotopic (exact) mass is 393 g/mol. The third kappa shape index (κ3) is 4.23. The molecule has 0 saturated carbocycles. The molecule has 0 fully saturated rings. The first-order chi connectivity index (χ1) is 13.7. The molecule has 0 bridgehead atoms. The molecule has 3 heterocycles. The second kappa shape index (κ2) is 8.27. The number of rotatable bonds is 4. The van der Waals surface area contributed by atoms with Crippen LogP contribution in [0.3, 0.4) is 0 Å². The molecule has 1 N–H and O–H groups in total. The van der Waals surface area contributed by atoms with Crippen LogP contribution in [0.4, 0.5) is 10.6 Å². The van der Waals surface area contributed by atoms with Crippen LogP contribution in [0.25, 0.3) is 5.57 Å². The average molecular weight is 394 g/mol. The van der Waals surface area contributed by atoms with Gasteiger partial charge in [-0.1, -0.05) is 35.9 Å². The fourth-order valence-corrected chi connectivity index (χ4v) is 3.39. The molecule has 0 atom stereocenters. The number of hydrogen-bond acceptors (Lipinski definition) is 3. The normalized spacial score (nSPS) is 13.9. The van der Waals surface area contributed by atoms with Crippen molar-refractivity contribution in [1.82, 2.24) is 19.7 Å². The lowest BCUT2D eigenvalue weighted by atomic mass is 10.00. The van der Waals surface area contributed by atoms with Gasteiger partial charge < -0.3 is 4.90 Å². The zero-order valence-electron chi connectivity index (χ0n) is 15.3. The maximum Gasteiger partial charge on any atom is 0.323 e. The van der Waals surface area contributed by atoms with Crippen molar-refractivity contribution in [2.24, 2.45) is 0 Å². The molecule has 1 aliphatic heterocycles. The number of benzene rings is 1. The highest BCUT2D eigenvalue weighted by molar-refractivity contribution is 6.30. The first kappa shape index (κ1) is 18.3. The topological polar surface area (TPSA) is 63.1 Å². The molecular weight excluding hydrogens is 374 g/mol. The number of pyridine rings is 1. The number of hydrogen-bond donors (Lipinski definition) is 1. The van der Waals surface area contributed by atoms with Gasteiger partial charge >= 0.3 is 6.03 Å². The van der Waals surface area contributed by atoms with E-state index in [1.54, 1.807) is 28.0 Å². The van der Waals surface area contributed by atoms with Gasteiger partial charge in [-0.15, -0.1) is 0 Å². The van der Waals surface area contributed by atoms with E-state index < -0.39 is 0 Å². The fourth-order valence-electron chi connectivity index (χ4n) is 3.20. The zero-order chi connectivity index (χ0) is 19.3. The van der Waals surface area contributed by atoms with Crippen molar-refractivity contribution < 1.29 is 4.79 Å². The fraction of sp³-hybridized carbons (Fsp3) is 0.190. The number of halogens is 1. The number of anilines is 1. The molecule has 0 saturated heterocycles. The zero-order valence-corrected chi connectivity index (χ0v) is 16.0. The second-order valence-electron chi connectivity index (χ2n) is 6.56. The van der Waals surface area contributed by atoms with Gasteiger partial charge in [0.15, 0.2) is 0 Å². The van der Waals surface area contributed by atoms with E-state index in [-0.39, 0.29) is 6.03 Å². The van der Waals surface area contributed by atoms with E-state index >= 15 is 0 Å². The predicted octanol–water partition coefficient (Wildman–Crippen LogP) is 4.30. The predicted molar refractivity (Wildman–Crippen MR) is 110 cm³/mol. The van der Waals surface area contributed by atoms with E-state index in [0.29, 0.717) is 25.5 Å². The van der Waals surface area contributed by atoms with Crippen molar-refractivity contribution in [2.75, 3.05) is 18.4 Å². The number of amides is 2. The highest BCUT2D eigenvalue weighted by Gasteiger charge is 2.19. The SMILES string of the molecule is O=C(Nc1ccnn1Cc1ccccn1)N1CC=C(c2cccc(Cl)c2)CC1. The quantitative estimate of drug-likeness (QED) is 0.718. The van der Waals surface area contributed by atoms with E-state index in [9.17, 15) is 4.79 Å². The highest BCUT2D eigenvalue weighted by Crippen LogP contribution is 2.25. The Bertz CT molecular complexity index is 999. The van der Waals surface area contributed by atoms with Gasteiger partial charge in [-0.2, -0.15) is 5.10 Å². The molecule has 2 amide bonds. The van der Waals surface area contributed by atoms with Gasteiger partial charge in [0.05, 0.1) is 18.4 Å². The lowest BCUT2D eigenvalue weighted by Gasteiger charge is -2.27. The van der Waals surface area contributed by atoms with Crippen LogP contribution in [0.5, 0.6) is 0 Å². The van der Waals surface area contributed by atoms with E-state index in [1.165, 1.54) is 5.57 Å². The first-order valence-electron chi connectivity index (χ1n) is 9.12. The summed E-state index contributed by atoms with van der Waals surface area (Å²) in [7, 11) is 0. The third-order valence-electron chi connectivity index (χ3n) is 4.68. The Kier molecular flexibility index (Phi) is 5.39. The summed E-state index contributed by atoms with van der Waals surface area (Å²) in [4.78, 5) is 18.8. The van der Waals surface area contributed by atoms with Gasteiger partial charge in [0, 0.05) is 30.4 Å². The Balaban J connectivity index is 1.40. The third-order valence-corrected chi connectivity index (χ3v) is 4.92. The number of urea groups is 1. The largest absolute Gasteiger partial charge is 0.323 e. The van der Waals surface area contributed by atoms with E-state index in [2.05, 4.69) is 21.5 Å². The summed E-state index contributed by atoms with van der Waals surface area (Å²) in [5.74, 6) is 0.653. The van der Waals surface area contributed by atoms with Crippen molar-refractivity contribution in [3.63, 3.8) is 0 Å². The van der Waals surface area contributed by atoms with Gasteiger partial charge in [-0.3, -0.25) is 10.3 Å². The Labute approximate surface area is 168 Å². The number of carbonyl (C=O) groups is 1. The van der Waals surface area contributed by atoms with E-state index in [0.717, 1.165) is 22.7 Å². The number of carbonyl (C=O) groups excluding carboxylic acids is 1. The van der Waals surface area contributed by atoms with Gasteiger partial charge in [0.2, 0.25) is 0 Å². The summed E-state index contributed by atoms with van der Waals surface area (Å²) in [6.07, 6.45) is 6.29. The molecule has 1 aromatic carbocycles. The smallest absolute Gasteiger partial charge is 0.320 e. The molecule has 142 valence electrons. The molecule has 0 unspecified atom stereocenters. The van der Waals surface area contributed by atoms with Crippen molar-refractivity contribution in [2.45, 2.75) is 13.0 Å². The molecule has 7 heteroatoms. The van der Waals surface area contributed by atoms with Crippen LogP contribution in [-0.4, -0.2) is 38.8 Å². The van der Waals surface area contributed by atoms with Gasteiger partial charge in [0.1, 0.15) is 5.82 Å². The van der Waals surface area contributed by atoms with Crippen LogP contribution >= 0.6 is 11.6 Å². The minimum absolute atomic E-state index is 0.135. The molecule has 0 radical (unpaired) electrons. The maximum absolute atomic E-state index is 12.7. The molecule has 0 spiro atoms. The molecule has 1 aliphatic rings. The van der Waals surface area contributed by atoms with Crippen molar-refractivity contribution in [3.8, 4) is 0 Å². The summed E-state index contributed by atoms with van der Waals surface area (Å²) in [6, 6.07) is 15.2. The minimum Gasteiger partial charge on any atom is -0.320 e. The van der Waals surface area contributed by atoms with Crippen LogP contribution in [0.2, 0.25) is 5.02 Å². The van der Waals surface area contributed by atoms with Crippen LogP contribution in [0, 0.1) is 0 Å². The Morgan fingerprint density at radius 1 is 1.14 bits per heavy atom. The average Bonchev–Trinajstić information content (AvgIpc) is 3.15. The summed E-state index contributed by atoms with van der Waals surface area (Å²) < 4.78 is 1.73. The van der Waals surface area contributed by atoms with Gasteiger partial charge in [-0.05, 0) is 41.8 Å². The standard InChI is InChI=1S/C21H20ClN5O/c22-18-5-3-4-17(14-18)16-8-12-26(13-9-16)21(28)25-20-7-11-24-27(20)15-19-6-1-2-10-23-19/h1-8,10-11,14H,9,12-13,15H2,(H,25,28).